The minimum Gasteiger partial charge on any atom is -0.398 e. The highest BCUT2D eigenvalue weighted by atomic mass is 28.4. The average Bonchev–Trinajstić information content (AvgIpc) is 3.34. The fourth-order valence-corrected chi connectivity index (χ4v) is 11.4. The van der Waals surface area contributed by atoms with Gasteiger partial charge in [0.15, 0.2) is 0 Å². The minimum absolute atomic E-state index is 0.893. The van der Waals surface area contributed by atoms with E-state index in [0.29, 0.717) is 0 Å². The van der Waals surface area contributed by atoms with Gasteiger partial charge in [-0.25, -0.2) is 0 Å². The van der Waals surface area contributed by atoms with Crippen LogP contribution in [0.3, 0.4) is 0 Å². The summed E-state index contributed by atoms with van der Waals surface area (Å²) in [6, 6.07) is 57.6. The maximum absolute atomic E-state index is 5.75. The van der Waals surface area contributed by atoms with Gasteiger partial charge in [0.05, 0.1) is 0 Å². The Morgan fingerprint density at radius 1 is 0.306 bits per heavy atom. The Morgan fingerprint density at radius 2 is 0.532 bits per heavy atom. The number of rotatable bonds is 22. The van der Waals surface area contributed by atoms with Crippen LogP contribution in [0.5, 0.6) is 0 Å². The third-order valence-electron chi connectivity index (χ3n) is 12.4. The van der Waals surface area contributed by atoms with Crippen molar-refractivity contribution < 1.29 is 26.6 Å². The van der Waals surface area contributed by atoms with Crippen LogP contribution in [0.4, 0.5) is 34.1 Å². The van der Waals surface area contributed by atoms with Gasteiger partial charge in [-0.05, 0) is 158 Å². The number of nitrogens with zero attached hydrogens (tertiary/aromatic N) is 2. The van der Waals surface area contributed by atoms with Crippen molar-refractivity contribution in [2.75, 3.05) is 52.5 Å². The Balaban J connectivity index is 1.25. The van der Waals surface area contributed by atoms with E-state index in [2.05, 4.69) is 181 Å². The van der Waals surface area contributed by atoms with E-state index < -0.39 is 25.7 Å². The van der Waals surface area contributed by atoms with Gasteiger partial charge in [0, 0.05) is 76.8 Å². The van der Waals surface area contributed by atoms with Crippen LogP contribution < -0.4 is 9.80 Å². The summed E-state index contributed by atoms with van der Waals surface area (Å²) >= 11 is 0. The lowest BCUT2D eigenvalue weighted by atomic mass is 10.0. The molecule has 6 aromatic carbocycles. The van der Waals surface area contributed by atoms with E-state index in [1.165, 1.54) is 16.7 Å². The zero-order chi connectivity index (χ0) is 44.2. The standard InChI is InChI=1S/C51H64N2O6Si3/c1-54-60(7,55-2)38-35-41-15-25-47(26-16-41)52(46-13-11-10-12-14-46)50-31-21-44(22-32-50)45-23-33-51(34-24-45)53(48-27-17-42(18-28-48)36-39-61(8,56-3)57-4)49-29-19-43(20-30-49)37-40-62(9,58-5)59-6/h10-34H,35-40H2,1-9H3. The van der Waals surface area contributed by atoms with Crippen LogP contribution in [-0.2, 0) is 45.8 Å². The highest BCUT2D eigenvalue weighted by Gasteiger charge is 2.30. The number of hydrogen-bond acceptors (Lipinski definition) is 8. The molecule has 11 heteroatoms. The van der Waals surface area contributed by atoms with Crippen molar-refractivity contribution in [3.63, 3.8) is 0 Å². The van der Waals surface area contributed by atoms with Crippen LogP contribution in [0.2, 0.25) is 37.8 Å². The predicted octanol–water partition coefficient (Wildman–Crippen LogP) is 13.0. The van der Waals surface area contributed by atoms with Gasteiger partial charge in [-0.15, -0.1) is 0 Å². The molecular weight excluding hydrogens is 821 g/mol. The number of aryl methyl sites for hydroxylation is 3. The molecule has 0 atom stereocenters. The van der Waals surface area contributed by atoms with E-state index in [4.69, 9.17) is 26.6 Å². The molecule has 0 saturated heterocycles. The first-order valence-corrected chi connectivity index (χ1v) is 29.0. The zero-order valence-corrected chi connectivity index (χ0v) is 41.0. The van der Waals surface area contributed by atoms with E-state index in [1.54, 1.807) is 42.7 Å². The second-order valence-corrected chi connectivity index (χ2v) is 27.0. The molecule has 0 aliphatic carbocycles. The normalized spacial score (nSPS) is 12.1. The summed E-state index contributed by atoms with van der Waals surface area (Å²) in [4.78, 5) is 4.63. The van der Waals surface area contributed by atoms with E-state index in [0.717, 1.165) is 82.6 Å². The molecule has 0 fully saturated rings. The lowest BCUT2D eigenvalue weighted by Crippen LogP contribution is -2.36. The number of hydrogen-bond donors (Lipinski definition) is 0. The van der Waals surface area contributed by atoms with Crippen molar-refractivity contribution in [1.29, 1.82) is 0 Å². The second kappa shape index (κ2) is 21.6. The summed E-state index contributed by atoms with van der Waals surface area (Å²) in [6.07, 6.45) is 2.72. The first-order valence-electron chi connectivity index (χ1n) is 21.4. The summed E-state index contributed by atoms with van der Waals surface area (Å²) in [5, 5.41) is 0. The smallest absolute Gasteiger partial charge is 0.334 e. The molecule has 326 valence electrons. The third-order valence-corrected chi connectivity index (χ3v) is 21.0. The van der Waals surface area contributed by atoms with Crippen LogP contribution in [-0.4, -0.2) is 68.3 Å². The van der Waals surface area contributed by atoms with Crippen LogP contribution in [0.15, 0.2) is 152 Å². The van der Waals surface area contributed by atoms with Crippen LogP contribution in [0, 0.1) is 0 Å². The van der Waals surface area contributed by atoms with E-state index in [9.17, 15) is 0 Å². The van der Waals surface area contributed by atoms with E-state index in [1.807, 2.05) is 0 Å². The topological polar surface area (TPSA) is 61.9 Å². The molecule has 0 radical (unpaired) electrons. The van der Waals surface area contributed by atoms with Crippen molar-refractivity contribution >= 4 is 59.8 Å². The van der Waals surface area contributed by atoms with E-state index in [-0.39, 0.29) is 0 Å². The van der Waals surface area contributed by atoms with Crippen LogP contribution in [0.25, 0.3) is 11.1 Å². The van der Waals surface area contributed by atoms with Gasteiger partial charge in [0.2, 0.25) is 0 Å². The Morgan fingerprint density at radius 3 is 0.774 bits per heavy atom. The van der Waals surface area contributed by atoms with Gasteiger partial charge in [0.1, 0.15) is 0 Å². The van der Waals surface area contributed by atoms with Crippen molar-refractivity contribution in [3.8, 4) is 11.1 Å². The minimum atomic E-state index is -2.17. The molecule has 0 heterocycles. The molecule has 0 unspecified atom stereocenters. The molecule has 0 bridgehead atoms. The summed E-state index contributed by atoms with van der Waals surface area (Å²) in [6.45, 7) is 6.34. The molecule has 8 nitrogen and oxygen atoms in total. The summed E-state index contributed by atoms with van der Waals surface area (Å²) in [5.41, 5.74) is 12.7. The lowest BCUT2D eigenvalue weighted by Gasteiger charge is -2.27. The number of anilines is 6. The Kier molecular flexibility index (Phi) is 16.3. The molecule has 0 saturated carbocycles. The highest BCUT2D eigenvalue weighted by Crippen LogP contribution is 2.39. The van der Waals surface area contributed by atoms with Crippen molar-refractivity contribution in [2.24, 2.45) is 0 Å². The van der Waals surface area contributed by atoms with Gasteiger partial charge in [-0.1, -0.05) is 78.9 Å². The summed E-state index contributed by atoms with van der Waals surface area (Å²) in [7, 11) is 4.04. The third kappa shape index (κ3) is 11.9. The quantitative estimate of drug-likeness (QED) is 0.0625. The van der Waals surface area contributed by atoms with Crippen molar-refractivity contribution in [2.45, 2.75) is 57.0 Å². The van der Waals surface area contributed by atoms with Gasteiger partial charge in [-0.3, -0.25) is 0 Å². The van der Waals surface area contributed by atoms with Crippen LogP contribution >= 0.6 is 0 Å². The largest absolute Gasteiger partial charge is 0.398 e. The molecule has 62 heavy (non-hydrogen) atoms. The fourth-order valence-electron chi connectivity index (χ4n) is 7.49. The van der Waals surface area contributed by atoms with Crippen LogP contribution in [0.1, 0.15) is 16.7 Å². The second-order valence-electron chi connectivity index (χ2n) is 16.2. The maximum atomic E-state index is 5.75. The molecule has 0 spiro atoms. The molecule has 6 aromatic rings. The number of para-hydroxylation sites is 1. The molecule has 0 aromatic heterocycles. The Labute approximate surface area is 373 Å². The first-order chi connectivity index (χ1) is 30.0. The average molecular weight is 885 g/mol. The van der Waals surface area contributed by atoms with Gasteiger partial charge >= 0.3 is 25.7 Å². The molecule has 6 rings (SSSR count). The monoisotopic (exact) mass is 884 g/mol. The highest BCUT2D eigenvalue weighted by molar-refractivity contribution is 6.66. The SMILES string of the molecule is CO[Si](C)(CCc1ccc(N(c2ccccc2)c2ccc(-c3ccc(N(c4ccc(CC[Si](C)(OC)OC)cc4)c4ccc(CC[Si](C)(OC)OC)cc4)cc3)cc2)cc1)OC. The fraction of sp³-hybridized carbons (Fsp3) is 0.294. The molecule has 0 N–H and O–H groups in total. The predicted molar refractivity (Wildman–Crippen MR) is 264 cm³/mol. The Bertz CT molecular complexity index is 2180. The summed E-state index contributed by atoms with van der Waals surface area (Å²) < 4.78 is 34.5. The molecule has 0 amide bonds. The van der Waals surface area contributed by atoms with Gasteiger partial charge in [0.25, 0.3) is 0 Å². The molecule has 0 aliphatic rings. The Hall–Kier alpha value is -4.67. The first kappa shape index (κ1) is 46.8. The van der Waals surface area contributed by atoms with Crippen molar-refractivity contribution in [1.82, 2.24) is 0 Å². The molecular formula is C51H64N2O6Si3. The number of benzene rings is 6. The zero-order valence-electron chi connectivity index (χ0n) is 38.0. The van der Waals surface area contributed by atoms with Gasteiger partial charge in [-0.2, -0.15) is 0 Å². The van der Waals surface area contributed by atoms with Crippen molar-refractivity contribution in [3.05, 3.63) is 168 Å². The van der Waals surface area contributed by atoms with Gasteiger partial charge < -0.3 is 36.4 Å². The molecule has 0 aliphatic heterocycles. The lowest BCUT2D eigenvalue weighted by molar-refractivity contribution is 0.249. The van der Waals surface area contributed by atoms with E-state index >= 15 is 0 Å². The maximum Gasteiger partial charge on any atom is 0.334 e. The summed E-state index contributed by atoms with van der Waals surface area (Å²) in [5.74, 6) is 0.